The van der Waals surface area contributed by atoms with Crippen molar-refractivity contribution in [2.24, 2.45) is 12.8 Å². The van der Waals surface area contributed by atoms with Crippen LogP contribution in [0.1, 0.15) is 5.82 Å². The van der Waals surface area contributed by atoms with Gasteiger partial charge in [-0.25, -0.2) is 9.67 Å². The fourth-order valence-electron chi connectivity index (χ4n) is 1.29. The molecule has 2 rings (SSSR count). The lowest BCUT2D eigenvalue weighted by Gasteiger charge is -1.92. The number of nitrogens with zero attached hydrogens (tertiary/aromatic N) is 3. The van der Waals surface area contributed by atoms with E-state index in [1.165, 1.54) is 0 Å². The second-order valence-electron chi connectivity index (χ2n) is 2.99. The highest BCUT2D eigenvalue weighted by Gasteiger charge is 2.10. The summed E-state index contributed by atoms with van der Waals surface area (Å²) in [6.07, 6.45) is 2.31. The summed E-state index contributed by atoms with van der Waals surface area (Å²) in [6.45, 7) is 0.557. The fraction of sp³-hybridized carbons (Fsp3) is 0.333. The van der Waals surface area contributed by atoms with Crippen LogP contribution in [0.4, 0.5) is 0 Å². The van der Waals surface area contributed by atoms with Gasteiger partial charge in [-0.05, 0) is 18.7 Å². The molecule has 0 fully saturated rings. The van der Waals surface area contributed by atoms with E-state index in [4.69, 9.17) is 10.2 Å². The van der Waals surface area contributed by atoms with E-state index in [9.17, 15) is 0 Å². The largest absolute Gasteiger partial charge is 0.461 e. The van der Waals surface area contributed by atoms with Gasteiger partial charge in [-0.3, -0.25) is 0 Å². The third kappa shape index (κ3) is 1.54. The van der Waals surface area contributed by atoms with Crippen LogP contribution in [0.15, 0.2) is 22.8 Å². The molecule has 74 valence electrons. The third-order valence-corrected chi connectivity index (χ3v) is 1.92. The quantitative estimate of drug-likeness (QED) is 0.772. The Labute approximate surface area is 81.5 Å². The van der Waals surface area contributed by atoms with Crippen molar-refractivity contribution in [2.45, 2.75) is 6.42 Å². The molecule has 0 aliphatic carbocycles. The van der Waals surface area contributed by atoms with Gasteiger partial charge in [0.1, 0.15) is 0 Å². The molecule has 0 aliphatic heterocycles. The first-order valence-electron chi connectivity index (χ1n) is 4.45. The van der Waals surface area contributed by atoms with Crippen LogP contribution in [0, 0.1) is 0 Å². The van der Waals surface area contributed by atoms with Gasteiger partial charge in [0.05, 0.1) is 6.26 Å². The van der Waals surface area contributed by atoms with Crippen molar-refractivity contribution in [3.8, 4) is 11.6 Å². The number of hydrogen-bond donors (Lipinski definition) is 1. The van der Waals surface area contributed by atoms with E-state index in [-0.39, 0.29) is 0 Å². The van der Waals surface area contributed by atoms with Gasteiger partial charge in [-0.15, -0.1) is 0 Å². The summed E-state index contributed by atoms with van der Waals surface area (Å²) in [5.74, 6) is 2.21. The Kier molecular flexibility index (Phi) is 2.32. The minimum absolute atomic E-state index is 0.557. The SMILES string of the molecule is Cn1nc(CCN)nc1-c1ccco1. The molecule has 0 aromatic carbocycles. The van der Waals surface area contributed by atoms with E-state index in [1.54, 1.807) is 10.9 Å². The maximum Gasteiger partial charge on any atom is 0.194 e. The van der Waals surface area contributed by atoms with Crippen molar-refractivity contribution in [1.29, 1.82) is 0 Å². The smallest absolute Gasteiger partial charge is 0.194 e. The predicted octanol–water partition coefficient (Wildman–Crippen LogP) is 0.576. The van der Waals surface area contributed by atoms with E-state index < -0.39 is 0 Å². The van der Waals surface area contributed by atoms with Gasteiger partial charge < -0.3 is 10.2 Å². The topological polar surface area (TPSA) is 69.9 Å². The highest BCUT2D eigenvalue weighted by Crippen LogP contribution is 2.16. The van der Waals surface area contributed by atoms with Crippen LogP contribution >= 0.6 is 0 Å². The van der Waals surface area contributed by atoms with E-state index in [1.807, 2.05) is 19.2 Å². The molecule has 14 heavy (non-hydrogen) atoms. The molecule has 0 saturated heterocycles. The number of nitrogens with two attached hydrogens (primary N) is 1. The van der Waals surface area contributed by atoms with E-state index in [0.29, 0.717) is 13.0 Å². The third-order valence-electron chi connectivity index (χ3n) is 1.92. The Bertz CT molecular complexity index is 404. The van der Waals surface area contributed by atoms with Gasteiger partial charge in [-0.2, -0.15) is 5.10 Å². The van der Waals surface area contributed by atoms with Crippen LogP contribution in [0.2, 0.25) is 0 Å². The summed E-state index contributed by atoms with van der Waals surface area (Å²) in [6, 6.07) is 3.68. The lowest BCUT2D eigenvalue weighted by Crippen LogP contribution is -2.04. The molecule has 5 heteroatoms. The predicted molar refractivity (Wildman–Crippen MR) is 51.5 cm³/mol. The van der Waals surface area contributed by atoms with Crippen molar-refractivity contribution in [1.82, 2.24) is 14.8 Å². The summed E-state index contributed by atoms with van der Waals surface area (Å²) in [7, 11) is 1.84. The van der Waals surface area contributed by atoms with Crippen molar-refractivity contribution >= 4 is 0 Å². The van der Waals surface area contributed by atoms with Crippen LogP contribution in [-0.4, -0.2) is 21.3 Å². The van der Waals surface area contributed by atoms with Gasteiger partial charge in [0.25, 0.3) is 0 Å². The first-order valence-corrected chi connectivity index (χ1v) is 4.45. The van der Waals surface area contributed by atoms with Crippen molar-refractivity contribution in [3.05, 3.63) is 24.2 Å². The Morgan fingerprint density at radius 3 is 3.07 bits per heavy atom. The molecule has 2 heterocycles. The molecule has 0 radical (unpaired) electrons. The zero-order chi connectivity index (χ0) is 9.97. The van der Waals surface area contributed by atoms with Crippen LogP contribution in [-0.2, 0) is 13.5 Å². The summed E-state index contributed by atoms with van der Waals surface area (Å²) in [5.41, 5.74) is 5.43. The standard InChI is InChI=1S/C9H12N4O/c1-13-9(7-3-2-6-14-7)11-8(12-13)4-5-10/h2-3,6H,4-5,10H2,1H3. The summed E-state index contributed by atoms with van der Waals surface area (Å²) in [4.78, 5) is 4.32. The molecule has 0 spiro atoms. The Hall–Kier alpha value is -1.62. The average molecular weight is 192 g/mol. The maximum atomic E-state index is 5.43. The lowest BCUT2D eigenvalue weighted by molar-refractivity contribution is 0.570. The second kappa shape index (κ2) is 3.63. The van der Waals surface area contributed by atoms with E-state index >= 15 is 0 Å². The minimum Gasteiger partial charge on any atom is -0.461 e. The summed E-state index contributed by atoms with van der Waals surface area (Å²) >= 11 is 0. The van der Waals surface area contributed by atoms with Crippen molar-refractivity contribution in [2.75, 3.05) is 6.54 Å². The second-order valence-corrected chi connectivity index (χ2v) is 2.99. The fourth-order valence-corrected chi connectivity index (χ4v) is 1.29. The van der Waals surface area contributed by atoms with Gasteiger partial charge in [0.2, 0.25) is 0 Å². The molecule has 0 saturated carbocycles. The number of rotatable bonds is 3. The van der Waals surface area contributed by atoms with Crippen molar-refractivity contribution in [3.63, 3.8) is 0 Å². The normalized spacial score (nSPS) is 10.7. The molecule has 2 N–H and O–H groups in total. The Morgan fingerprint density at radius 1 is 1.57 bits per heavy atom. The maximum absolute atomic E-state index is 5.43. The molecule has 0 bridgehead atoms. The van der Waals surface area contributed by atoms with Crippen LogP contribution in [0.3, 0.4) is 0 Å². The molecule has 2 aromatic heterocycles. The lowest BCUT2D eigenvalue weighted by atomic mass is 10.4. The first kappa shape index (κ1) is 8.96. The van der Waals surface area contributed by atoms with Crippen LogP contribution in [0.25, 0.3) is 11.6 Å². The van der Waals surface area contributed by atoms with Gasteiger partial charge in [-0.1, -0.05) is 0 Å². The number of aryl methyl sites for hydroxylation is 1. The molecular formula is C9H12N4O. The monoisotopic (exact) mass is 192 g/mol. The highest BCUT2D eigenvalue weighted by atomic mass is 16.3. The molecule has 0 amide bonds. The first-order chi connectivity index (χ1) is 6.81. The highest BCUT2D eigenvalue weighted by molar-refractivity contribution is 5.46. The van der Waals surface area contributed by atoms with Crippen LogP contribution in [0.5, 0.6) is 0 Å². The Morgan fingerprint density at radius 2 is 2.43 bits per heavy atom. The summed E-state index contributed by atoms with van der Waals surface area (Å²) < 4.78 is 6.94. The number of aromatic nitrogens is 3. The molecule has 0 aliphatic rings. The average Bonchev–Trinajstić information content (AvgIpc) is 2.74. The van der Waals surface area contributed by atoms with E-state index in [2.05, 4.69) is 10.1 Å². The Balaban J connectivity index is 2.35. The van der Waals surface area contributed by atoms with Crippen LogP contribution < -0.4 is 5.73 Å². The molecular weight excluding hydrogens is 180 g/mol. The number of furan rings is 1. The minimum atomic E-state index is 0.557. The van der Waals surface area contributed by atoms with E-state index in [0.717, 1.165) is 17.4 Å². The van der Waals surface area contributed by atoms with Crippen molar-refractivity contribution < 1.29 is 4.42 Å². The van der Waals surface area contributed by atoms with Gasteiger partial charge in [0.15, 0.2) is 17.4 Å². The molecule has 2 aromatic rings. The zero-order valence-electron chi connectivity index (χ0n) is 7.97. The number of hydrogen-bond acceptors (Lipinski definition) is 4. The molecule has 5 nitrogen and oxygen atoms in total. The van der Waals surface area contributed by atoms with Gasteiger partial charge in [0, 0.05) is 13.5 Å². The zero-order valence-corrected chi connectivity index (χ0v) is 7.97. The molecule has 0 unspecified atom stereocenters. The molecule has 0 atom stereocenters. The summed E-state index contributed by atoms with van der Waals surface area (Å²) in [5, 5.41) is 4.22. The van der Waals surface area contributed by atoms with Gasteiger partial charge >= 0.3 is 0 Å².